The molecule has 0 saturated heterocycles. The minimum absolute atomic E-state index is 0.323. The zero-order chi connectivity index (χ0) is 14.7. The Balaban J connectivity index is 1.70. The molecule has 2 heteroatoms. The molecule has 0 aromatic heterocycles. The number of benzene rings is 2. The summed E-state index contributed by atoms with van der Waals surface area (Å²) < 4.78 is 1.30. The van der Waals surface area contributed by atoms with Gasteiger partial charge >= 0.3 is 0 Å². The Morgan fingerprint density at radius 2 is 1.67 bits per heavy atom. The standard InChI is InChI=1S/C19H20ClI/c20-19-11-8-16(15-4-2-1-3-5-15)13-17(19)12-14-6-9-18(21)10-7-14/h1-7,9-10,16-17,19H,8,11-13H2. The molecule has 110 valence electrons. The SMILES string of the molecule is ClC1CCC(c2ccccc2)CC1Cc1ccc(I)cc1. The van der Waals surface area contributed by atoms with Gasteiger partial charge in [-0.05, 0) is 83.4 Å². The predicted octanol–water partition coefficient (Wildman–Crippen LogP) is 6.03. The number of hydrogen-bond acceptors (Lipinski definition) is 0. The second kappa shape index (κ2) is 7.15. The monoisotopic (exact) mass is 410 g/mol. The molecule has 0 heterocycles. The summed E-state index contributed by atoms with van der Waals surface area (Å²) in [5.74, 6) is 1.26. The van der Waals surface area contributed by atoms with Crippen LogP contribution in [0.4, 0.5) is 0 Å². The molecule has 0 nitrogen and oxygen atoms in total. The summed E-state index contributed by atoms with van der Waals surface area (Å²) in [6.45, 7) is 0. The first-order valence-electron chi connectivity index (χ1n) is 7.66. The van der Waals surface area contributed by atoms with E-state index in [0.717, 1.165) is 12.8 Å². The van der Waals surface area contributed by atoms with Crippen molar-refractivity contribution < 1.29 is 0 Å². The van der Waals surface area contributed by atoms with Gasteiger partial charge in [0.05, 0.1) is 0 Å². The highest BCUT2D eigenvalue weighted by Gasteiger charge is 2.29. The van der Waals surface area contributed by atoms with Crippen molar-refractivity contribution in [3.05, 3.63) is 69.3 Å². The summed E-state index contributed by atoms with van der Waals surface area (Å²) in [5, 5.41) is 0.323. The maximum Gasteiger partial charge on any atom is 0.0367 e. The van der Waals surface area contributed by atoms with Crippen LogP contribution in [0.3, 0.4) is 0 Å². The Morgan fingerprint density at radius 3 is 2.38 bits per heavy atom. The summed E-state index contributed by atoms with van der Waals surface area (Å²) in [5.41, 5.74) is 2.90. The average molecular weight is 411 g/mol. The van der Waals surface area contributed by atoms with Crippen molar-refractivity contribution in [2.45, 2.75) is 37.0 Å². The Morgan fingerprint density at radius 1 is 0.952 bits per heavy atom. The first kappa shape index (κ1) is 15.4. The van der Waals surface area contributed by atoms with Crippen molar-refractivity contribution in [2.75, 3.05) is 0 Å². The lowest BCUT2D eigenvalue weighted by molar-refractivity contribution is 0.327. The van der Waals surface area contributed by atoms with Gasteiger partial charge in [-0.1, -0.05) is 42.5 Å². The summed E-state index contributed by atoms with van der Waals surface area (Å²) in [6.07, 6.45) is 4.68. The predicted molar refractivity (Wildman–Crippen MR) is 99.0 cm³/mol. The first-order chi connectivity index (χ1) is 10.2. The highest BCUT2D eigenvalue weighted by atomic mass is 127. The number of hydrogen-bond donors (Lipinski definition) is 0. The van der Waals surface area contributed by atoms with Crippen molar-refractivity contribution in [3.8, 4) is 0 Å². The fraction of sp³-hybridized carbons (Fsp3) is 0.368. The zero-order valence-electron chi connectivity index (χ0n) is 12.0. The van der Waals surface area contributed by atoms with Crippen LogP contribution in [0, 0.1) is 9.49 Å². The van der Waals surface area contributed by atoms with Crippen LogP contribution in [0.2, 0.25) is 0 Å². The van der Waals surface area contributed by atoms with E-state index in [1.807, 2.05) is 0 Å². The summed E-state index contributed by atoms with van der Waals surface area (Å²) in [4.78, 5) is 0. The molecule has 1 saturated carbocycles. The van der Waals surface area contributed by atoms with E-state index in [-0.39, 0.29) is 0 Å². The molecule has 1 fully saturated rings. The Kier molecular flexibility index (Phi) is 5.23. The van der Waals surface area contributed by atoms with E-state index in [9.17, 15) is 0 Å². The van der Waals surface area contributed by atoms with Crippen LogP contribution in [0.25, 0.3) is 0 Å². The first-order valence-corrected chi connectivity index (χ1v) is 9.17. The minimum Gasteiger partial charge on any atom is -0.123 e. The molecule has 2 aromatic carbocycles. The number of halogens is 2. The Labute approximate surface area is 146 Å². The molecule has 21 heavy (non-hydrogen) atoms. The molecular weight excluding hydrogens is 391 g/mol. The van der Waals surface area contributed by atoms with Crippen LogP contribution in [-0.4, -0.2) is 5.38 Å². The van der Waals surface area contributed by atoms with Crippen LogP contribution >= 0.6 is 34.2 Å². The lowest BCUT2D eigenvalue weighted by atomic mass is 9.75. The van der Waals surface area contributed by atoms with Gasteiger partial charge in [-0.25, -0.2) is 0 Å². The Bertz CT molecular complexity index is 564. The molecule has 3 atom stereocenters. The van der Waals surface area contributed by atoms with Crippen LogP contribution in [0.1, 0.15) is 36.3 Å². The van der Waals surface area contributed by atoms with Crippen LogP contribution < -0.4 is 0 Å². The molecule has 0 aliphatic heterocycles. The fourth-order valence-corrected chi connectivity index (χ4v) is 4.07. The molecule has 3 rings (SSSR count). The third-order valence-electron chi connectivity index (χ3n) is 4.57. The molecule has 1 aliphatic carbocycles. The highest BCUT2D eigenvalue weighted by Crippen LogP contribution is 2.40. The summed E-state index contributed by atoms with van der Waals surface area (Å²) in [7, 11) is 0. The quantitative estimate of drug-likeness (QED) is 0.428. The van der Waals surface area contributed by atoms with Crippen molar-refractivity contribution in [1.82, 2.24) is 0 Å². The highest BCUT2D eigenvalue weighted by molar-refractivity contribution is 14.1. The molecule has 0 N–H and O–H groups in total. The van der Waals surface area contributed by atoms with Gasteiger partial charge in [-0.15, -0.1) is 11.6 Å². The minimum atomic E-state index is 0.323. The van der Waals surface area contributed by atoms with Crippen LogP contribution in [0.5, 0.6) is 0 Å². The van der Waals surface area contributed by atoms with Gasteiger partial charge in [0, 0.05) is 8.95 Å². The largest absolute Gasteiger partial charge is 0.123 e. The second-order valence-corrected chi connectivity index (χ2v) is 7.83. The van der Waals surface area contributed by atoms with E-state index in [2.05, 4.69) is 77.2 Å². The topological polar surface area (TPSA) is 0 Å². The number of alkyl halides is 1. The van der Waals surface area contributed by atoms with Crippen molar-refractivity contribution in [3.63, 3.8) is 0 Å². The lowest BCUT2D eigenvalue weighted by Crippen LogP contribution is -2.26. The van der Waals surface area contributed by atoms with Gasteiger partial charge in [0.2, 0.25) is 0 Å². The average Bonchev–Trinajstić information content (AvgIpc) is 2.52. The molecular formula is C19H20ClI. The van der Waals surface area contributed by atoms with Crippen LogP contribution in [-0.2, 0) is 6.42 Å². The van der Waals surface area contributed by atoms with Gasteiger partial charge in [0.15, 0.2) is 0 Å². The lowest BCUT2D eigenvalue weighted by Gasteiger charge is -2.33. The van der Waals surface area contributed by atoms with Gasteiger partial charge in [-0.3, -0.25) is 0 Å². The summed E-state index contributed by atoms with van der Waals surface area (Å²) >= 11 is 8.97. The maximum atomic E-state index is 6.62. The maximum absolute atomic E-state index is 6.62. The molecule has 2 aromatic rings. The van der Waals surface area contributed by atoms with Gasteiger partial charge < -0.3 is 0 Å². The smallest absolute Gasteiger partial charge is 0.0367 e. The third kappa shape index (κ3) is 4.01. The summed E-state index contributed by atoms with van der Waals surface area (Å²) in [6, 6.07) is 19.8. The van der Waals surface area contributed by atoms with Crippen LogP contribution in [0.15, 0.2) is 54.6 Å². The third-order valence-corrected chi connectivity index (χ3v) is 5.87. The normalized spacial score (nSPS) is 25.7. The fourth-order valence-electron chi connectivity index (χ4n) is 3.39. The zero-order valence-corrected chi connectivity index (χ0v) is 14.9. The van der Waals surface area contributed by atoms with Crippen molar-refractivity contribution in [2.24, 2.45) is 5.92 Å². The second-order valence-electron chi connectivity index (χ2n) is 6.03. The van der Waals surface area contributed by atoms with E-state index >= 15 is 0 Å². The van der Waals surface area contributed by atoms with E-state index in [1.165, 1.54) is 27.5 Å². The molecule has 0 amide bonds. The van der Waals surface area contributed by atoms with E-state index in [4.69, 9.17) is 11.6 Å². The van der Waals surface area contributed by atoms with E-state index < -0.39 is 0 Å². The Hall–Kier alpha value is -0.540. The molecule has 0 bridgehead atoms. The van der Waals surface area contributed by atoms with E-state index in [0.29, 0.717) is 17.2 Å². The van der Waals surface area contributed by atoms with Gasteiger partial charge in [-0.2, -0.15) is 0 Å². The van der Waals surface area contributed by atoms with Gasteiger partial charge in [0.25, 0.3) is 0 Å². The molecule has 3 unspecified atom stereocenters. The molecule has 0 radical (unpaired) electrons. The number of rotatable bonds is 3. The van der Waals surface area contributed by atoms with Crippen molar-refractivity contribution >= 4 is 34.2 Å². The van der Waals surface area contributed by atoms with Crippen molar-refractivity contribution in [1.29, 1.82) is 0 Å². The molecule has 1 aliphatic rings. The molecule has 0 spiro atoms. The van der Waals surface area contributed by atoms with E-state index in [1.54, 1.807) is 0 Å². The van der Waals surface area contributed by atoms with Gasteiger partial charge in [0.1, 0.15) is 0 Å².